The Bertz CT molecular complexity index is 1430. The van der Waals surface area contributed by atoms with Crippen molar-refractivity contribution in [2.24, 2.45) is 0 Å². The van der Waals surface area contributed by atoms with E-state index >= 15 is 0 Å². The predicted molar refractivity (Wildman–Crippen MR) is 137 cm³/mol. The molecular formula is C24H20Cl2FN3O7S. The fourth-order valence-corrected chi connectivity index (χ4v) is 5.37. The van der Waals surface area contributed by atoms with E-state index in [9.17, 15) is 37.6 Å². The quantitative estimate of drug-likeness (QED) is 0.229. The number of nitrogens with zero attached hydrogens (tertiary/aromatic N) is 1. The van der Waals surface area contributed by atoms with Gasteiger partial charge in [-0.25, -0.2) is 17.6 Å². The van der Waals surface area contributed by atoms with E-state index in [1.54, 1.807) is 0 Å². The van der Waals surface area contributed by atoms with Crippen molar-refractivity contribution < 1.29 is 32.4 Å². The van der Waals surface area contributed by atoms with E-state index in [4.69, 9.17) is 23.2 Å². The van der Waals surface area contributed by atoms with E-state index in [1.165, 1.54) is 42.5 Å². The lowest BCUT2D eigenvalue weighted by atomic mass is 10.0. The number of sulfonamides is 1. The van der Waals surface area contributed by atoms with Crippen LogP contribution in [0, 0.1) is 15.9 Å². The molecule has 0 bridgehead atoms. The van der Waals surface area contributed by atoms with Crippen molar-refractivity contribution in [2.45, 2.75) is 29.8 Å². The van der Waals surface area contributed by atoms with Crippen LogP contribution in [0.2, 0.25) is 10.0 Å². The second kappa shape index (κ2) is 12.3. The third kappa shape index (κ3) is 7.96. The van der Waals surface area contributed by atoms with E-state index in [0.29, 0.717) is 11.1 Å². The van der Waals surface area contributed by atoms with Gasteiger partial charge in [0.1, 0.15) is 17.9 Å². The number of halogens is 3. The summed E-state index contributed by atoms with van der Waals surface area (Å²) < 4.78 is 41.6. The first-order valence-electron chi connectivity index (χ1n) is 10.8. The Kier molecular flexibility index (Phi) is 9.39. The molecule has 38 heavy (non-hydrogen) atoms. The molecule has 0 aliphatic rings. The Balaban J connectivity index is 1.90. The molecule has 0 unspecified atom stereocenters. The van der Waals surface area contributed by atoms with Gasteiger partial charge in [-0.05, 0) is 47.9 Å². The average molecular weight is 584 g/mol. The molecule has 1 amide bonds. The summed E-state index contributed by atoms with van der Waals surface area (Å²) in [5.41, 5.74) is 0.558. The molecule has 0 aliphatic heterocycles. The summed E-state index contributed by atoms with van der Waals surface area (Å²) in [4.78, 5) is 35.0. The zero-order valence-corrected chi connectivity index (χ0v) is 21.6. The van der Waals surface area contributed by atoms with Crippen molar-refractivity contribution in [3.63, 3.8) is 0 Å². The maximum Gasteiger partial charge on any atom is 0.326 e. The number of aliphatic carboxylic acids is 1. The molecule has 3 N–H and O–H groups in total. The molecule has 0 saturated heterocycles. The number of amides is 1. The molecule has 0 heterocycles. The first-order chi connectivity index (χ1) is 17.8. The van der Waals surface area contributed by atoms with Gasteiger partial charge in [-0.3, -0.25) is 14.9 Å². The van der Waals surface area contributed by atoms with E-state index in [0.717, 1.165) is 24.3 Å². The Morgan fingerprint density at radius 1 is 0.921 bits per heavy atom. The van der Waals surface area contributed by atoms with Gasteiger partial charge in [-0.2, -0.15) is 4.72 Å². The summed E-state index contributed by atoms with van der Waals surface area (Å²) >= 11 is 11.8. The van der Waals surface area contributed by atoms with E-state index < -0.39 is 44.7 Å². The molecule has 0 saturated carbocycles. The highest BCUT2D eigenvalue weighted by atomic mass is 35.5. The van der Waals surface area contributed by atoms with Gasteiger partial charge in [-0.15, -0.1) is 0 Å². The summed E-state index contributed by atoms with van der Waals surface area (Å²) in [6, 6.07) is 10.6. The SMILES string of the molecule is O=C(O)[C@H](Cc1ccc(F)cc1)NC(=O)[C@H](Cc1ccc([N+](=O)[O-])cc1)NS(=O)(=O)c1cc(Cl)cc(Cl)c1. The third-order valence-corrected chi connectivity index (χ3v) is 7.20. The fourth-order valence-electron chi connectivity index (χ4n) is 3.44. The minimum Gasteiger partial charge on any atom is -0.480 e. The number of carbonyl (C=O) groups excluding carboxylic acids is 1. The number of hydrogen-bond donors (Lipinski definition) is 3. The maximum absolute atomic E-state index is 13.2. The molecule has 3 aromatic carbocycles. The Morgan fingerprint density at radius 3 is 1.92 bits per heavy atom. The first kappa shape index (κ1) is 29.0. The second-order valence-electron chi connectivity index (χ2n) is 8.14. The lowest BCUT2D eigenvalue weighted by Gasteiger charge is -2.22. The largest absolute Gasteiger partial charge is 0.480 e. The molecule has 0 fully saturated rings. The average Bonchev–Trinajstić information content (AvgIpc) is 2.84. The smallest absolute Gasteiger partial charge is 0.326 e. The number of carbonyl (C=O) groups is 2. The topological polar surface area (TPSA) is 156 Å². The minimum atomic E-state index is -4.39. The maximum atomic E-state index is 13.2. The number of benzene rings is 3. The fraction of sp³-hybridized carbons (Fsp3) is 0.167. The van der Waals surface area contributed by atoms with Gasteiger partial charge in [0.25, 0.3) is 5.69 Å². The number of hydrogen-bond acceptors (Lipinski definition) is 6. The molecule has 200 valence electrons. The molecule has 14 heteroatoms. The lowest BCUT2D eigenvalue weighted by molar-refractivity contribution is -0.384. The zero-order valence-electron chi connectivity index (χ0n) is 19.3. The van der Waals surface area contributed by atoms with Crippen LogP contribution in [0.1, 0.15) is 11.1 Å². The van der Waals surface area contributed by atoms with Crippen LogP contribution in [0.25, 0.3) is 0 Å². The number of rotatable bonds is 11. The summed E-state index contributed by atoms with van der Waals surface area (Å²) in [5.74, 6) is -2.90. The normalized spacial score (nSPS) is 12.9. The van der Waals surface area contributed by atoms with Gasteiger partial charge in [0.2, 0.25) is 15.9 Å². The third-order valence-electron chi connectivity index (χ3n) is 5.31. The summed E-state index contributed by atoms with van der Waals surface area (Å²) in [6.07, 6.45) is -0.484. The van der Waals surface area contributed by atoms with Crippen molar-refractivity contribution >= 4 is 50.8 Å². The van der Waals surface area contributed by atoms with E-state index in [1.807, 2.05) is 0 Å². The number of carboxylic acid groups (broad SMARTS) is 1. The molecule has 0 radical (unpaired) electrons. The van der Waals surface area contributed by atoms with E-state index in [2.05, 4.69) is 10.0 Å². The van der Waals surface area contributed by atoms with Crippen molar-refractivity contribution in [2.75, 3.05) is 0 Å². The van der Waals surface area contributed by atoms with Gasteiger partial charge in [0.15, 0.2) is 0 Å². The zero-order chi connectivity index (χ0) is 28.0. The monoisotopic (exact) mass is 583 g/mol. The molecule has 2 atom stereocenters. The van der Waals surface area contributed by atoms with Gasteiger partial charge >= 0.3 is 5.97 Å². The number of nitro groups is 1. The van der Waals surface area contributed by atoms with E-state index in [-0.39, 0.29) is 33.5 Å². The van der Waals surface area contributed by atoms with Crippen LogP contribution in [-0.4, -0.2) is 42.4 Å². The molecule has 0 spiro atoms. The highest BCUT2D eigenvalue weighted by Crippen LogP contribution is 2.23. The highest BCUT2D eigenvalue weighted by Gasteiger charge is 2.30. The number of nitrogens with one attached hydrogen (secondary N) is 2. The molecule has 10 nitrogen and oxygen atoms in total. The van der Waals surface area contributed by atoms with Crippen LogP contribution in [0.5, 0.6) is 0 Å². The molecule has 3 aromatic rings. The number of carboxylic acids is 1. The Labute approximate surface area is 226 Å². The molecular weight excluding hydrogens is 564 g/mol. The highest BCUT2D eigenvalue weighted by molar-refractivity contribution is 7.89. The van der Waals surface area contributed by atoms with Crippen LogP contribution in [-0.2, 0) is 32.5 Å². The summed E-state index contributed by atoms with van der Waals surface area (Å²) in [5, 5.41) is 23.0. The van der Waals surface area contributed by atoms with Gasteiger partial charge < -0.3 is 10.4 Å². The molecule has 0 aromatic heterocycles. The molecule has 3 rings (SSSR count). The first-order valence-corrected chi connectivity index (χ1v) is 13.1. The number of nitro benzene ring substituents is 1. The standard InChI is InChI=1S/C24H20Cl2FN3O7S/c25-16-11-17(26)13-20(12-16)38(36,37)29-21(9-15-3-7-19(8-4-15)30(34)35)23(31)28-22(24(32)33)10-14-1-5-18(27)6-2-14/h1-8,11-13,21-22,29H,9-10H2,(H,28,31)(H,32,33)/t21-,22-/m0/s1. The number of non-ortho nitro benzene ring substituents is 1. The lowest BCUT2D eigenvalue weighted by Crippen LogP contribution is -2.53. The molecule has 0 aliphatic carbocycles. The summed E-state index contributed by atoms with van der Waals surface area (Å²) in [6.45, 7) is 0. The Hall–Kier alpha value is -3.58. The van der Waals surface area contributed by atoms with Gasteiger partial charge in [-0.1, -0.05) is 47.5 Å². The summed E-state index contributed by atoms with van der Waals surface area (Å²) in [7, 11) is -4.39. The van der Waals surface area contributed by atoms with Crippen LogP contribution in [0.15, 0.2) is 71.6 Å². The van der Waals surface area contributed by atoms with Crippen molar-refractivity contribution in [3.05, 3.63) is 104 Å². The predicted octanol–water partition coefficient (Wildman–Crippen LogP) is 3.74. The van der Waals surface area contributed by atoms with Gasteiger partial charge in [0, 0.05) is 28.6 Å². The van der Waals surface area contributed by atoms with Crippen LogP contribution in [0.3, 0.4) is 0 Å². The van der Waals surface area contributed by atoms with Crippen molar-refractivity contribution in [1.29, 1.82) is 0 Å². The van der Waals surface area contributed by atoms with Crippen LogP contribution < -0.4 is 10.0 Å². The van der Waals surface area contributed by atoms with Crippen LogP contribution >= 0.6 is 23.2 Å². The minimum absolute atomic E-state index is 0.0273. The van der Waals surface area contributed by atoms with Crippen molar-refractivity contribution in [3.8, 4) is 0 Å². The van der Waals surface area contributed by atoms with Gasteiger partial charge in [0.05, 0.1) is 9.82 Å². The Morgan fingerprint density at radius 2 is 1.42 bits per heavy atom. The second-order valence-corrected chi connectivity index (χ2v) is 10.7. The van der Waals surface area contributed by atoms with Crippen molar-refractivity contribution in [1.82, 2.24) is 10.0 Å². The van der Waals surface area contributed by atoms with Crippen LogP contribution in [0.4, 0.5) is 10.1 Å².